The first-order chi connectivity index (χ1) is 12.4. The highest BCUT2D eigenvalue weighted by molar-refractivity contribution is 6.30. The van der Waals surface area contributed by atoms with E-state index < -0.39 is 23.2 Å². The molecule has 0 aliphatic carbocycles. The van der Waals surface area contributed by atoms with Crippen molar-refractivity contribution in [1.82, 2.24) is 9.78 Å². The van der Waals surface area contributed by atoms with Crippen LogP contribution in [-0.4, -0.2) is 22.9 Å². The molecule has 3 aromatic rings. The summed E-state index contributed by atoms with van der Waals surface area (Å²) in [4.78, 5) is 24.5. The van der Waals surface area contributed by atoms with E-state index in [-0.39, 0.29) is 27.5 Å². The second kappa shape index (κ2) is 7.05. The van der Waals surface area contributed by atoms with E-state index in [1.165, 1.54) is 36.4 Å². The van der Waals surface area contributed by atoms with Crippen molar-refractivity contribution in [2.75, 3.05) is 7.11 Å². The third-order valence-corrected chi connectivity index (χ3v) is 3.89. The van der Waals surface area contributed by atoms with Crippen LogP contribution in [-0.2, 0) is 4.74 Å². The number of nitrogens with zero attached hydrogens (tertiary/aromatic N) is 2. The number of halogens is 3. The lowest BCUT2D eigenvalue weighted by Crippen LogP contribution is -2.28. The van der Waals surface area contributed by atoms with Crippen molar-refractivity contribution < 1.29 is 18.3 Å². The molecule has 0 spiro atoms. The molecule has 1 heterocycles. The van der Waals surface area contributed by atoms with Gasteiger partial charge in [-0.3, -0.25) is 4.79 Å². The number of aromatic nitrogens is 2. The lowest BCUT2D eigenvalue weighted by atomic mass is 10.1. The van der Waals surface area contributed by atoms with Crippen molar-refractivity contribution in [3.63, 3.8) is 0 Å². The van der Waals surface area contributed by atoms with Gasteiger partial charge in [0.1, 0.15) is 17.2 Å². The van der Waals surface area contributed by atoms with E-state index in [9.17, 15) is 18.4 Å². The van der Waals surface area contributed by atoms with Gasteiger partial charge >= 0.3 is 5.97 Å². The van der Waals surface area contributed by atoms with Crippen LogP contribution in [0.3, 0.4) is 0 Å². The van der Waals surface area contributed by atoms with Crippen molar-refractivity contribution in [2.45, 2.75) is 0 Å². The smallest absolute Gasteiger partial charge is 0.343 e. The van der Waals surface area contributed by atoms with Crippen LogP contribution in [0.25, 0.3) is 16.9 Å². The number of hydrogen-bond donors (Lipinski definition) is 0. The fourth-order valence-corrected chi connectivity index (χ4v) is 2.45. The largest absolute Gasteiger partial charge is 0.465 e. The van der Waals surface area contributed by atoms with Crippen molar-refractivity contribution in [1.29, 1.82) is 0 Å². The maximum atomic E-state index is 13.8. The minimum Gasteiger partial charge on any atom is -0.465 e. The highest BCUT2D eigenvalue weighted by Crippen LogP contribution is 2.23. The summed E-state index contributed by atoms with van der Waals surface area (Å²) < 4.78 is 32.8. The molecule has 132 valence electrons. The van der Waals surface area contributed by atoms with Gasteiger partial charge in [0, 0.05) is 5.56 Å². The fraction of sp³-hybridized carbons (Fsp3) is 0.0556. The molecule has 0 N–H and O–H groups in total. The molecule has 2 aromatic carbocycles. The summed E-state index contributed by atoms with van der Waals surface area (Å²) in [5.74, 6) is -2.16. The number of esters is 1. The van der Waals surface area contributed by atoms with Gasteiger partial charge in [-0.15, -0.1) is 0 Å². The predicted octanol–water partition coefficient (Wildman–Crippen LogP) is 3.62. The number of carbonyl (C=O) groups excluding carboxylic acids is 1. The van der Waals surface area contributed by atoms with E-state index in [0.29, 0.717) is 0 Å². The Morgan fingerprint density at radius 3 is 2.58 bits per heavy atom. The highest BCUT2D eigenvalue weighted by atomic mass is 35.5. The van der Waals surface area contributed by atoms with Crippen molar-refractivity contribution in [3.05, 3.63) is 81.1 Å². The number of rotatable bonds is 3. The SMILES string of the molecule is COC(=O)c1cc(-c2ccc(Cl)c(F)c2)nn(-c2cccc(F)c2)c1=O. The first-order valence-electron chi connectivity index (χ1n) is 7.35. The van der Waals surface area contributed by atoms with Crippen LogP contribution in [0.15, 0.2) is 53.3 Å². The third kappa shape index (κ3) is 3.34. The molecule has 0 saturated carbocycles. The van der Waals surface area contributed by atoms with E-state index in [1.54, 1.807) is 0 Å². The zero-order valence-corrected chi connectivity index (χ0v) is 14.1. The van der Waals surface area contributed by atoms with Gasteiger partial charge in [0.25, 0.3) is 5.56 Å². The quantitative estimate of drug-likeness (QED) is 0.655. The monoisotopic (exact) mass is 376 g/mol. The first kappa shape index (κ1) is 17.8. The number of benzene rings is 2. The molecule has 0 unspecified atom stereocenters. The lowest BCUT2D eigenvalue weighted by molar-refractivity contribution is 0.0598. The average Bonchev–Trinajstić information content (AvgIpc) is 2.63. The number of methoxy groups -OCH3 is 1. The molecular weight excluding hydrogens is 366 g/mol. The van der Waals surface area contributed by atoms with Gasteiger partial charge in [-0.2, -0.15) is 9.78 Å². The summed E-state index contributed by atoms with van der Waals surface area (Å²) in [5, 5.41) is 4.04. The van der Waals surface area contributed by atoms with Crippen molar-refractivity contribution >= 4 is 17.6 Å². The van der Waals surface area contributed by atoms with Crippen LogP contribution >= 0.6 is 11.6 Å². The topological polar surface area (TPSA) is 61.2 Å². The highest BCUT2D eigenvalue weighted by Gasteiger charge is 2.18. The van der Waals surface area contributed by atoms with Gasteiger partial charge in [-0.05, 0) is 36.4 Å². The van der Waals surface area contributed by atoms with E-state index >= 15 is 0 Å². The van der Waals surface area contributed by atoms with Gasteiger partial charge in [0.2, 0.25) is 0 Å². The van der Waals surface area contributed by atoms with Crippen molar-refractivity contribution in [3.8, 4) is 16.9 Å². The molecule has 1 aromatic heterocycles. The van der Waals surface area contributed by atoms with E-state index in [4.69, 9.17) is 11.6 Å². The number of hydrogen-bond acceptors (Lipinski definition) is 4. The Morgan fingerprint density at radius 2 is 1.92 bits per heavy atom. The van der Waals surface area contributed by atoms with Gasteiger partial charge in [-0.1, -0.05) is 23.7 Å². The molecule has 8 heteroatoms. The summed E-state index contributed by atoms with van der Waals surface area (Å²) in [6, 6.07) is 10.2. The Morgan fingerprint density at radius 1 is 1.15 bits per heavy atom. The molecule has 0 fully saturated rings. The number of ether oxygens (including phenoxy) is 1. The maximum absolute atomic E-state index is 13.8. The summed E-state index contributed by atoms with van der Waals surface area (Å²) in [6.45, 7) is 0. The molecule has 0 aliphatic rings. The van der Waals surface area contributed by atoms with Crippen LogP contribution in [0.2, 0.25) is 5.02 Å². The Labute approximate surface area is 151 Å². The Kier molecular flexibility index (Phi) is 4.81. The Bertz CT molecular complexity index is 1070. The van der Waals surface area contributed by atoms with Gasteiger partial charge < -0.3 is 4.74 Å². The van der Waals surface area contributed by atoms with E-state index in [0.717, 1.165) is 23.9 Å². The molecule has 0 bridgehead atoms. The molecule has 0 aliphatic heterocycles. The summed E-state index contributed by atoms with van der Waals surface area (Å²) in [5.41, 5.74) is -0.610. The van der Waals surface area contributed by atoms with Crippen LogP contribution < -0.4 is 5.56 Å². The lowest BCUT2D eigenvalue weighted by Gasteiger charge is -2.10. The standard InChI is InChI=1S/C18H11ClF2N2O3/c1-26-18(25)13-9-16(10-5-6-14(19)15(21)7-10)22-23(17(13)24)12-4-2-3-11(20)8-12/h2-9H,1H3. The molecule has 0 atom stereocenters. The molecule has 5 nitrogen and oxygen atoms in total. The molecule has 3 rings (SSSR count). The molecule has 0 saturated heterocycles. The van der Waals surface area contributed by atoms with Crippen LogP contribution in [0.4, 0.5) is 8.78 Å². The van der Waals surface area contributed by atoms with Crippen LogP contribution in [0.5, 0.6) is 0 Å². The van der Waals surface area contributed by atoms with Crippen molar-refractivity contribution in [2.24, 2.45) is 0 Å². The van der Waals surface area contributed by atoms with E-state index in [2.05, 4.69) is 9.84 Å². The minimum atomic E-state index is -0.891. The van der Waals surface area contributed by atoms with Gasteiger partial charge in [-0.25, -0.2) is 13.6 Å². The third-order valence-electron chi connectivity index (χ3n) is 3.59. The Hall–Kier alpha value is -3.06. The summed E-state index contributed by atoms with van der Waals surface area (Å²) >= 11 is 5.68. The van der Waals surface area contributed by atoms with Gasteiger partial charge in [0.15, 0.2) is 0 Å². The molecule has 0 radical (unpaired) electrons. The Balaban J connectivity index is 2.29. The minimum absolute atomic E-state index is 0.0830. The summed E-state index contributed by atoms with van der Waals surface area (Å²) in [7, 11) is 1.12. The van der Waals surface area contributed by atoms with Crippen LogP contribution in [0.1, 0.15) is 10.4 Å². The zero-order chi connectivity index (χ0) is 18.8. The average molecular weight is 377 g/mol. The predicted molar refractivity (Wildman–Crippen MR) is 91.5 cm³/mol. The zero-order valence-electron chi connectivity index (χ0n) is 13.4. The van der Waals surface area contributed by atoms with E-state index in [1.807, 2.05) is 0 Å². The van der Waals surface area contributed by atoms with Gasteiger partial charge in [0.05, 0.1) is 23.5 Å². The molecule has 26 heavy (non-hydrogen) atoms. The maximum Gasteiger partial charge on any atom is 0.343 e. The number of carbonyl (C=O) groups is 1. The fourth-order valence-electron chi connectivity index (χ4n) is 2.33. The second-order valence-corrected chi connectivity index (χ2v) is 5.67. The normalized spacial score (nSPS) is 10.6. The first-order valence-corrected chi connectivity index (χ1v) is 7.72. The molecule has 0 amide bonds. The summed E-state index contributed by atoms with van der Waals surface area (Å²) in [6.07, 6.45) is 0. The van der Waals surface area contributed by atoms with Crippen LogP contribution in [0, 0.1) is 11.6 Å². The second-order valence-electron chi connectivity index (χ2n) is 5.26. The molecular formula is C18H11ClF2N2O3.